The summed E-state index contributed by atoms with van der Waals surface area (Å²) in [6, 6.07) is 6.72. The van der Waals surface area contributed by atoms with Crippen LogP contribution in [0.5, 0.6) is 0 Å². The van der Waals surface area contributed by atoms with Gasteiger partial charge in [0.05, 0.1) is 0 Å². The van der Waals surface area contributed by atoms with Crippen LogP contribution in [-0.2, 0) is 17.1 Å². The molecule has 0 bridgehead atoms. The predicted molar refractivity (Wildman–Crippen MR) is 149 cm³/mol. The van der Waals surface area contributed by atoms with Crippen LogP contribution >= 0.6 is 7.92 Å². The van der Waals surface area contributed by atoms with Gasteiger partial charge in [0.2, 0.25) is 0 Å². The molecule has 180 valence electrons. The van der Waals surface area contributed by atoms with Gasteiger partial charge in [-0.2, -0.15) is 0 Å². The zero-order chi connectivity index (χ0) is 23.9. The van der Waals surface area contributed by atoms with Crippen LogP contribution in [0.3, 0.4) is 0 Å². The normalized spacial score (nSPS) is 15.2. The molecule has 1 nitrogen and oxygen atoms in total. The van der Waals surface area contributed by atoms with E-state index in [-0.39, 0.29) is 25.0 Å². The number of rotatable bonds is 6. The minimum absolute atomic E-state index is 0. The summed E-state index contributed by atoms with van der Waals surface area (Å²) in [6.07, 6.45) is 6.51. The quantitative estimate of drug-likeness (QED) is 0.205. The Morgan fingerprint density at radius 2 is 1.31 bits per heavy atom. The molecule has 1 aliphatic rings. The zero-order valence-electron chi connectivity index (χ0n) is 22.3. The average Bonchev–Trinajstić information content (AvgIpc) is 2.63. The first-order valence-corrected chi connectivity index (χ1v) is 17.1. The second-order valence-electron chi connectivity index (χ2n) is 10.9. The Morgan fingerprint density at radius 1 is 0.875 bits per heavy atom. The summed E-state index contributed by atoms with van der Waals surface area (Å²) in [7, 11) is -1.03. The monoisotopic (exact) mass is 511 g/mol. The average molecular weight is 512 g/mol. The van der Waals surface area contributed by atoms with Crippen LogP contribution in [0.25, 0.3) is 11.0 Å². The maximum absolute atomic E-state index is 5.09. The van der Waals surface area contributed by atoms with Gasteiger partial charge in [0.25, 0.3) is 0 Å². The molecular formula is C28H46FeNPSi. The summed E-state index contributed by atoms with van der Waals surface area (Å²) >= 11 is 0. The van der Waals surface area contributed by atoms with Crippen LogP contribution in [0.2, 0.25) is 19.6 Å². The van der Waals surface area contributed by atoms with E-state index in [0.717, 1.165) is 11.4 Å². The van der Waals surface area contributed by atoms with Crippen molar-refractivity contribution in [1.82, 2.24) is 0 Å². The van der Waals surface area contributed by atoms with Crippen molar-refractivity contribution in [2.75, 3.05) is 0 Å². The minimum Gasteiger partial charge on any atom is -0.657 e. The van der Waals surface area contributed by atoms with Gasteiger partial charge in [-0.3, -0.25) is 0 Å². The van der Waals surface area contributed by atoms with Gasteiger partial charge in [0.15, 0.2) is 0 Å². The molecule has 4 heteroatoms. The summed E-state index contributed by atoms with van der Waals surface area (Å²) in [5.74, 6) is 3.41. The van der Waals surface area contributed by atoms with Crippen LogP contribution < -0.4 is 0 Å². The van der Waals surface area contributed by atoms with E-state index in [0.29, 0.717) is 23.2 Å². The molecule has 0 saturated carbocycles. The van der Waals surface area contributed by atoms with E-state index in [1.165, 1.54) is 16.7 Å². The van der Waals surface area contributed by atoms with Crippen molar-refractivity contribution in [2.45, 2.75) is 98.2 Å². The Bertz CT molecular complexity index is 758. The van der Waals surface area contributed by atoms with E-state index in [1.807, 2.05) is 0 Å². The molecule has 0 aliphatic carbocycles. The van der Waals surface area contributed by atoms with Gasteiger partial charge < -0.3 is 11.9 Å². The standard InChI is InChI=1S/C24H35NP.C4H11Si.Fe/c1-16(2)21-12-10-13-22(17(3)4)24(21)23-14-9-11-20(25-23)15-26(18(5)6)19(7)8;1-5(2,3)4;/h9-19H,1-8H3;1H2,2-4H3;/q2*-1;+2/b20-15-;;. The molecule has 0 amide bonds. The summed E-state index contributed by atoms with van der Waals surface area (Å²) in [6.45, 7) is 29.0. The fourth-order valence-corrected chi connectivity index (χ4v) is 5.79. The third-order valence-corrected chi connectivity index (χ3v) is 7.82. The SMILES string of the molecule is CC(C)c1cccc(C(C)C)c1C1=CC=C/C(=C/P(C(C)C)C(C)C)[N-]1.[CH2-][Si](C)(C)C.[Fe+2]. The Balaban J connectivity index is 0.00000144. The zero-order valence-corrected chi connectivity index (χ0v) is 25.3. The Labute approximate surface area is 212 Å². The number of benzene rings is 1. The van der Waals surface area contributed by atoms with Gasteiger partial charge >= 0.3 is 17.1 Å². The predicted octanol–water partition coefficient (Wildman–Crippen LogP) is 10.1. The molecule has 0 unspecified atom stereocenters. The van der Waals surface area contributed by atoms with E-state index >= 15 is 0 Å². The Morgan fingerprint density at radius 3 is 1.69 bits per heavy atom. The van der Waals surface area contributed by atoms with E-state index in [9.17, 15) is 0 Å². The van der Waals surface area contributed by atoms with Crippen LogP contribution in [0.1, 0.15) is 83.9 Å². The van der Waals surface area contributed by atoms with Crippen molar-refractivity contribution in [3.8, 4) is 0 Å². The molecule has 32 heavy (non-hydrogen) atoms. The van der Waals surface area contributed by atoms with E-state index < -0.39 is 8.07 Å². The Hall–Kier alpha value is -0.594. The third-order valence-electron chi connectivity index (χ3n) is 4.87. The van der Waals surface area contributed by atoms with Crippen molar-refractivity contribution in [2.24, 2.45) is 0 Å². The van der Waals surface area contributed by atoms with Crippen LogP contribution in [0.4, 0.5) is 0 Å². The summed E-state index contributed by atoms with van der Waals surface area (Å²) in [4.78, 5) is 0. The maximum atomic E-state index is 5.09. The molecule has 0 N–H and O–H groups in total. The topological polar surface area (TPSA) is 14.1 Å². The van der Waals surface area contributed by atoms with Crippen molar-refractivity contribution in [3.05, 3.63) is 76.5 Å². The first-order chi connectivity index (χ1) is 14.2. The minimum atomic E-state index is -0.861. The first kappa shape index (κ1) is 31.4. The van der Waals surface area contributed by atoms with E-state index in [1.54, 1.807) is 0 Å². The largest absolute Gasteiger partial charge is 2.00 e. The van der Waals surface area contributed by atoms with Crippen molar-refractivity contribution >= 4 is 21.7 Å². The molecule has 1 aliphatic heterocycles. The van der Waals surface area contributed by atoms with E-state index in [4.69, 9.17) is 5.32 Å². The molecule has 1 heterocycles. The van der Waals surface area contributed by atoms with Crippen molar-refractivity contribution in [3.63, 3.8) is 0 Å². The van der Waals surface area contributed by atoms with Crippen LogP contribution in [0.15, 0.2) is 47.9 Å². The van der Waals surface area contributed by atoms with Gasteiger partial charge in [-0.05, 0) is 39.8 Å². The fraction of sp³-hybridized carbons (Fsp3) is 0.536. The van der Waals surface area contributed by atoms with Gasteiger partial charge in [-0.1, -0.05) is 125 Å². The number of hydrogen-bond acceptors (Lipinski definition) is 0. The molecule has 2 rings (SSSR count). The van der Waals surface area contributed by atoms with Gasteiger partial charge in [-0.15, -0.1) is 19.5 Å². The molecule has 0 fully saturated rings. The Kier molecular flexibility index (Phi) is 13.7. The first-order valence-electron chi connectivity index (χ1n) is 11.8. The molecule has 1 aromatic rings. The van der Waals surface area contributed by atoms with E-state index in [2.05, 4.69) is 124 Å². The second kappa shape index (κ2) is 14.0. The molecule has 1 aromatic carbocycles. The fourth-order valence-electron chi connectivity index (χ4n) is 3.56. The summed E-state index contributed by atoms with van der Waals surface area (Å²) < 4.78 is 0. The van der Waals surface area contributed by atoms with Crippen LogP contribution in [0, 0.1) is 6.55 Å². The molecule has 0 aromatic heterocycles. The van der Waals surface area contributed by atoms with Gasteiger partial charge in [-0.25, -0.2) is 0 Å². The second-order valence-corrected chi connectivity index (χ2v) is 19.2. The molecular weight excluding hydrogens is 465 g/mol. The summed E-state index contributed by atoms with van der Waals surface area (Å²) in [5, 5.41) is 5.09. The maximum Gasteiger partial charge on any atom is 2.00 e. The van der Waals surface area contributed by atoms with Crippen molar-refractivity contribution < 1.29 is 17.1 Å². The molecule has 0 spiro atoms. The third kappa shape index (κ3) is 10.6. The number of allylic oxidation sites excluding steroid dienone is 3. The summed E-state index contributed by atoms with van der Waals surface area (Å²) in [5.41, 5.74) is 7.76. The molecule has 0 atom stereocenters. The van der Waals surface area contributed by atoms with Gasteiger partial charge in [0.1, 0.15) is 0 Å². The number of hydrogen-bond donors (Lipinski definition) is 0. The molecule has 0 radical (unpaired) electrons. The number of nitrogens with zero attached hydrogens (tertiary/aromatic N) is 1. The van der Waals surface area contributed by atoms with Gasteiger partial charge in [0, 0.05) is 0 Å². The smallest absolute Gasteiger partial charge is 0.657 e. The molecule has 0 saturated heterocycles. The van der Waals surface area contributed by atoms with Crippen LogP contribution in [-0.4, -0.2) is 19.4 Å². The van der Waals surface area contributed by atoms with Crippen molar-refractivity contribution in [1.29, 1.82) is 0 Å².